The van der Waals surface area contributed by atoms with Gasteiger partial charge in [-0.25, -0.2) is 0 Å². The maximum absolute atomic E-state index is 11.0. The smallest absolute Gasteiger partial charge is 0.541 e. The van der Waals surface area contributed by atoms with Gasteiger partial charge in [0.05, 0.1) is 0 Å². The second-order valence-electron chi connectivity index (χ2n) is 4.67. The Balaban J connectivity index is -0.000000572. The Hall–Kier alpha value is 0.410. The van der Waals surface area contributed by atoms with Gasteiger partial charge in [-0.15, -0.1) is 0 Å². The van der Waals surface area contributed by atoms with Crippen molar-refractivity contribution in [3.05, 3.63) is 0 Å². The van der Waals surface area contributed by atoms with Gasteiger partial charge in [0.25, 0.3) is 11.4 Å². The van der Waals surface area contributed by atoms with Crippen molar-refractivity contribution < 1.29 is 52.5 Å². The van der Waals surface area contributed by atoms with E-state index in [0.29, 0.717) is 6.42 Å². The summed E-state index contributed by atoms with van der Waals surface area (Å²) in [5.74, 6) is 0.0398. The van der Waals surface area contributed by atoms with E-state index in [4.69, 9.17) is 13.3 Å². The number of ketones is 1. The van der Waals surface area contributed by atoms with Crippen molar-refractivity contribution in [3.8, 4) is 0 Å². The van der Waals surface area contributed by atoms with Crippen molar-refractivity contribution in [2.24, 2.45) is 0 Å². The molecule has 0 fully saturated rings. The summed E-state index contributed by atoms with van der Waals surface area (Å²) < 4.78 is 22.8. The Morgan fingerprint density at radius 2 is 1.33 bits per heavy atom. The standard InChI is InChI=1S/C14H25O2.Na.H2O3S/c1-2-3-4-5-6-7-8-9-10-11-14(16)12-13-15;;1-4(2)3/h2-12H2,1H3;;(H2,1,2,3)/q-1;+1;. The zero-order valence-electron chi connectivity index (χ0n) is 13.3. The van der Waals surface area contributed by atoms with Gasteiger partial charge in [0.15, 0.2) is 0 Å². The molecule has 0 unspecified atom stereocenters. The molecule has 0 aromatic heterocycles. The van der Waals surface area contributed by atoms with Crippen LogP contribution in [0.3, 0.4) is 0 Å². The molecular weight excluding hydrogens is 303 g/mol. The van der Waals surface area contributed by atoms with Crippen molar-refractivity contribution in [1.29, 1.82) is 0 Å². The molecule has 0 atom stereocenters. The van der Waals surface area contributed by atoms with E-state index in [1.807, 2.05) is 0 Å². The van der Waals surface area contributed by atoms with Gasteiger partial charge in [-0.05, 0) is 6.42 Å². The molecule has 0 saturated heterocycles. The van der Waals surface area contributed by atoms with Crippen molar-refractivity contribution in [1.82, 2.24) is 0 Å². The van der Waals surface area contributed by atoms with E-state index < -0.39 is 11.4 Å². The van der Waals surface area contributed by atoms with Gasteiger partial charge >= 0.3 is 29.6 Å². The Kier molecular flexibility index (Phi) is 28.4. The molecule has 2 N–H and O–H groups in total. The molecule has 0 aliphatic carbocycles. The average Bonchev–Trinajstić information content (AvgIpc) is 2.36. The molecule has 0 aromatic rings. The maximum atomic E-state index is 11.0. The van der Waals surface area contributed by atoms with E-state index in [9.17, 15) is 9.59 Å². The van der Waals surface area contributed by atoms with Crippen LogP contribution in [0.25, 0.3) is 0 Å². The first-order valence-electron chi connectivity index (χ1n) is 7.21. The predicted octanol–water partition coefficient (Wildman–Crippen LogP) is 0.661. The number of carbonyl (C=O) groups excluding carboxylic acids is 2. The molecule has 0 rings (SSSR count). The van der Waals surface area contributed by atoms with Crippen molar-refractivity contribution in [2.45, 2.75) is 77.6 Å². The Morgan fingerprint density at radius 3 is 1.71 bits per heavy atom. The number of rotatable bonds is 12. The first-order valence-corrected chi connectivity index (χ1v) is 8.27. The zero-order chi connectivity index (χ0) is 15.6. The molecule has 0 amide bonds. The molecular formula is C14H27NaO5S. The maximum Gasteiger partial charge on any atom is 1.00 e. The van der Waals surface area contributed by atoms with Crippen LogP contribution in [-0.2, 0) is 21.0 Å². The van der Waals surface area contributed by atoms with Crippen molar-refractivity contribution in [2.75, 3.05) is 0 Å². The van der Waals surface area contributed by atoms with E-state index >= 15 is 0 Å². The van der Waals surface area contributed by atoms with Crippen LogP contribution in [0, 0.1) is 0 Å². The summed E-state index contributed by atoms with van der Waals surface area (Å²) >= 11 is -2.61. The van der Waals surface area contributed by atoms with E-state index in [0.717, 1.165) is 12.8 Å². The fourth-order valence-corrected chi connectivity index (χ4v) is 1.80. The van der Waals surface area contributed by atoms with Crippen LogP contribution >= 0.6 is 0 Å². The Bertz CT molecular complexity index is 258. The third-order valence-electron chi connectivity index (χ3n) is 2.83. The molecule has 0 aliphatic heterocycles. The number of Topliss-reactive ketones (excluding diaryl/α,β-unsaturated/α-hetero) is 1. The minimum atomic E-state index is -2.61. The summed E-state index contributed by atoms with van der Waals surface area (Å²) in [6.07, 6.45) is 13.5. The summed E-state index contributed by atoms with van der Waals surface area (Å²) in [7, 11) is 0. The van der Waals surface area contributed by atoms with Crippen LogP contribution in [0.1, 0.15) is 77.6 Å². The molecule has 5 nitrogen and oxygen atoms in total. The summed E-state index contributed by atoms with van der Waals surface area (Å²) in [6.45, 7) is 2.23. The minimum absolute atomic E-state index is 0. The minimum Gasteiger partial charge on any atom is -0.541 e. The van der Waals surface area contributed by atoms with Gasteiger partial charge in [0.2, 0.25) is 0 Å². The number of carbonyl (C=O) groups is 1. The number of hydrogen-bond acceptors (Lipinski definition) is 3. The van der Waals surface area contributed by atoms with E-state index in [1.54, 1.807) is 6.29 Å². The van der Waals surface area contributed by atoms with Crippen LogP contribution in [0.2, 0.25) is 0 Å². The summed E-state index contributed by atoms with van der Waals surface area (Å²) in [4.78, 5) is 20.9. The van der Waals surface area contributed by atoms with Gasteiger partial charge in [0.1, 0.15) is 5.78 Å². The first-order chi connectivity index (χ1) is 9.54. The summed E-state index contributed by atoms with van der Waals surface area (Å²) in [5, 5.41) is 0. The number of hydrogen-bond donors (Lipinski definition) is 2. The summed E-state index contributed by atoms with van der Waals surface area (Å²) in [5.41, 5.74) is 0. The van der Waals surface area contributed by atoms with Gasteiger partial charge in [-0.3, -0.25) is 15.4 Å². The van der Waals surface area contributed by atoms with Crippen LogP contribution in [-0.4, -0.2) is 25.4 Å². The third kappa shape index (κ3) is 33.3. The van der Waals surface area contributed by atoms with Gasteiger partial charge in [-0.1, -0.05) is 64.7 Å². The van der Waals surface area contributed by atoms with Gasteiger partial charge in [0, 0.05) is 6.42 Å². The largest absolute Gasteiger partial charge is 1.00 e. The molecule has 0 saturated carbocycles. The SMILES string of the molecule is CCCCCCCCCCCC(=O)C[C-]=O.O=S(O)O.[Na+]. The molecule has 0 aliphatic rings. The van der Waals surface area contributed by atoms with Gasteiger partial charge in [-0.2, -0.15) is 4.21 Å². The predicted molar refractivity (Wildman–Crippen MR) is 80.6 cm³/mol. The van der Waals surface area contributed by atoms with E-state index in [-0.39, 0.29) is 41.8 Å². The molecule has 0 heterocycles. The quantitative estimate of drug-likeness (QED) is 0.180. The second kappa shape index (κ2) is 22.7. The van der Waals surface area contributed by atoms with E-state index in [2.05, 4.69) is 6.92 Å². The Morgan fingerprint density at radius 1 is 0.952 bits per heavy atom. The average molecular weight is 330 g/mol. The number of unbranched alkanes of at least 4 members (excludes halogenated alkanes) is 8. The molecule has 0 bridgehead atoms. The molecule has 0 aromatic carbocycles. The summed E-state index contributed by atoms with van der Waals surface area (Å²) in [6, 6.07) is 0. The first kappa shape index (κ1) is 26.3. The Labute approximate surface area is 153 Å². The second-order valence-corrected chi connectivity index (χ2v) is 5.13. The van der Waals surface area contributed by atoms with Crippen molar-refractivity contribution >= 4 is 23.4 Å². The topological polar surface area (TPSA) is 91.7 Å². The molecule has 120 valence electrons. The molecule has 0 spiro atoms. The fourth-order valence-electron chi connectivity index (χ4n) is 1.80. The molecule has 7 heteroatoms. The van der Waals surface area contributed by atoms with Crippen LogP contribution in [0.5, 0.6) is 0 Å². The van der Waals surface area contributed by atoms with Crippen LogP contribution < -0.4 is 29.6 Å². The molecule has 21 heavy (non-hydrogen) atoms. The normalized spacial score (nSPS) is 9.52. The van der Waals surface area contributed by atoms with Crippen molar-refractivity contribution in [3.63, 3.8) is 0 Å². The van der Waals surface area contributed by atoms with E-state index in [1.165, 1.54) is 44.9 Å². The third-order valence-corrected chi connectivity index (χ3v) is 2.83. The monoisotopic (exact) mass is 330 g/mol. The fraction of sp³-hybridized carbons (Fsp3) is 0.857. The van der Waals surface area contributed by atoms with Crippen LogP contribution in [0.15, 0.2) is 0 Å². The zero-order valence-corrected chi connectivity index (χ0v) is 16.1. The van der Waals surface area contributed by atoms with Gasteiger partial charge < -0.3 is 9.59 Å². The van der Waals surface area contributed by atoms with Crippen LogP contribution in [0.4, 0.5) is 0 Å². The molecule has 0 radical (unpaired) electrons.